The van der Waals surface area contributed by atoms with Crippen LogP contribution >= 0.6 is 0 Å². The van der Waals surface area contributed by atoms with E-state index >= 15 is 0 Å². The van der Waals surface area contributed by atoms with Crippen molar-refractivity contribution in [2.45, 2.75) is 25.3 Å². The highest BCUT2D eigenvalue weighted by molar-refractivity contribution is 5.88. The van der Waals surface area contributed by atoms with Crippen LogP contribution < -0.4 is 10.7 Å². The summed E-state index contributed by atoms with van der Waals surface area (Å²) in [6.07, 6.45) is 6.89. The quantitative estimate of drug-likeness (QED) is 0.726. The van der Waals surface area contributed by atoms with Gasteiger partial charge in [0.1, 0.15) is 0 Å². The molecule has 4 nitrogen and oxygen atoms in total. The van der Waals surface area contributed by atoms with E-state index in [4.69, 9.17) is 0 Å². The summed E-state index contributed by atoms with van der Waals surface area (Å²) in [6, 6.07) is 3.74. The van der Waals surface area contributed by atoms with Gasteiger partial charge in [0.15, 0.2) is 0 Å². The minimum atomic E-state index is -0.0221. The molecule has 76 valence electrons. The van der Waals surface area contributed by atoms with Crippen LogP contribution in [-0.4, -0.2) is 23.2 Å². The average Bonchev–Trinajstić information content (AvgIpc) is 2.72. The number of nitrogens with one attached hydrogen (secondary N) is 2. The van der Waals surface area contributed by atoms with Crippen molar-refractivity contribution >= 4 is 5.91 Å². The number of carbonyl (C=O) groups excluding carboxylic acids is 1. The molecule has 14 heavy (non-hydrogen) atoms. The first-order valence-corrected chi connectivity index (χ1v) is 5.03. The first kappa shape index (κ1) is 9.27. The molecule has 0 saturated carbocycles. The van der Waals surface area contributed by atoms with E-state index in [0.717, 1.165) is 19.4 Å². The van der Waals surface area contributed by atoms with Crippen LogP contribution in [0.5, 0.6) is 0 Å². The lowest BCUT2D eigenvalue weighted by atomic mass is 10.0. The highest BCUT2D eigenvalue weighted by Crippen LogP contribution is 2.07. The van der Waals surface area contributed by atoms with Crippen molar-refractivity contribution in [1.29, 1.82) is 0 Å². The maximum absolute atomic E-state index is 11.7. The molecule has 1 aromatic rings. The molecule has 1 aromatic heterocycles. The highest BCUT2D eigenvalue weighted by atomic mass is 16.2. The molecule has 0 spiro atoms. The Morgan fingerprint density at radius 2 is 2.14 bits per heavy atom. The average molecular weight is 193 g/mol. The molecule has 2 heterocycles. The summed E-state index contributed by atoms with van der Waals surface area (Å²) in [5.41, 5.74) is 2.81. The zero-order valence-corrected chi connectivity index (χ0v) is 8.07. The molecule has 4 heteroatoms. The maximum Gasteiger partial charge on any atom is 0.255 e. The summed E-state index contributed by atoms with van der Waals surface area (Å²) in [5.74, 6) is 0.0564. The molecule has 1 aliphatic rings. The second kappa shape index (κ2) is 4.28. The lowest BCUT2D eigenvalue weighted by Gasteiger charge is -2.22. The molecule has 1 fully saturated rings. The predicted molar refractivity (Wildman–Crippen MR) is 54.4 cm³/mol. The summed E-state index contributed by atoms with van der Waals surface area (Å²) in [7, 11) is 0. The van der Waals surface area contributed by atoms with E-state index in [1.54, 1.807) is 4.68 Å². The van der Waals surface area contributed by atoms with Crippen molar-refractivity contribution in [2.75, 3.05) is 12.0 Å². The Morgan fingerprint density at radius 1 is 1.36 bits per heavy atom. The summed E-state index contributed by atoms with van der Waals surface area (Å²) in [5, 5.41) is 3.21. The number of hydrogen-bond acceptors (Lipinski definition) is 2. The first-order valence-electron chi connectivity index (χ1n) is 5.03. The van der Waals surface area contributed by atoms with Gasteiger partial charge in [-0.15, -0.1) is 0 Å². The number of rotatable bonds is 2. The Kier molecular flexibility index (Phi) is 2.84. The first-order chi connectivity index (χ1) is 6.86. The van der Waals surface area contributed by atoms with Gasteiger partial charge in [0.05, 0.1) is 6.04 Å². The van der Waals surface area contributed by atoms with E-state index in [-0.39, 0.29) is 11.9 Å². The van der Waals surface area contributed by atoms with Crippen molar-refractivity contribution in [3.8, 4) is 0 Å². The minimum Gasteiger partial charge on any atom is -0.306 e. The normalized spacial score (nSPS) is 21.9. The van der Waals surface area contributed by atoms with Crippen LogP contribution in [0.25, 0.3) is 0 Å². The number of carbonyl (C=O) groups is 1. The summed E-state index contributed by atoms with van der Waals surface area (Å²) < 4.78 is 1.68. The second-order valence-electron chi connectivity index (χ2n) is 3.57. The van der Waals surface area contributed by atoms with Gasteiger partial charge in [0, 0.05) is 12.4 Å². The molecule has 1 amide bonds. The van der Waals surface area contributed by atoms with E-state index in [1.807, 2.05) is 24.5 Å². The fraction of sp³-hybridized carbons (Fsp3) is 0.500. The lowest BCUT2D eigenvalue weighted by Crippen LogP contribution is -2.45. The molecule has 1 atom stereocenters. The Balaban J connectivity index is 1.88. The number of nitrogens with zero attached hydrogens (tertiary/aromatic N) is 1. The maximum atomic E-state index is 11.7. The van der Waals surface area contributed by atoms with Gasteiger partial charge < -0.3 is 5.32 Å². The Morgan fingerprint density at radius 3 is 2.79 bits per heavy atom. The van der Waals surface area contributed by atoms with Crippen LogP contribution in [0.1, 0.15) is 19.3 Å². The monoisotopic (exact) mass is 193 g/mol. The molecule has 1 saturated heterocycles. The van der Waals surface area contributed by atoms with Crippen LogP contribution in [0, 0.1) is 0 Å². The smallest absolute Gasteiger partial charge is 0.255 e. The second-order valence-corrected chi connectivity index (χ2v) is 3.57. The number of aromatic nitrogens is 1. The molecule has 0 unspecified atom stereocenters. The third-order valence-corrected chi connectivity index (χ3v) is 2.47. The summed E-state index contributed by atoms with van der Waals surface area (Å²) >= 11 is 0. The zero-order chi connectivity index (χ0) is 9.80. The number of amides is 1. The fourth-order valence-corrected chi connectivity index (χ4v) is 1.69. The van der Waals surface area contributed by atoms with Crippen LogP contribution in [0.3, 0.4) is 0 Å². The molecule has 0 aromatic carbocycles. The lowest BCUT2D eigenvalue weighted by molar-refractivity contribution is -0.119. The van der Waals surface area contributed by atoms with Crippen LogP contribution in [0.2, 0.25) is 0 Å². The number of piperidine rings is 1. The molecule has 0 radical (unpaired) electrons. The molecular weight excluding hydrogens is 178 g/mol. The van der Waals surface area contributed by atoms with Crippen molar-refractivity contribution < 1.29 is 4.79 Å². The van der Waals surface area contributed by atoms with Gasteiger partial charge in [0.25, 0.3) is 5.91 Å². The Bertz CT molecular complexity index is 288. The van der Waals surface area contributed by atoms with E-state index in [9.17, 15) is 4.79 Å². The molecule has 0 aliphatic carbocycles. The van der Waals surface area contributed by atoms with Gasteiger partial charge in [0.2, 0.25) is 0 Å². The number of hydrogen-bond donors (Lipinski definition) is 2. The SMILES string of the molecule is O=C(Nn1cccc1)[C@@H]1CCCCN1. The zero-order valence-electron chi connectivity index (χ0n) is 8.07. The summed E-state index contributed by atoms with van der Waals surface area (Å²) in [4.78, 5) is 11.7. The largest absolute Gasteiger partial charge is 0.306 e. The molecular formula is C10H15N3O. The van der Waals surface area contributed by atoms with E-state index < -0.39 is 0 Å². The highest BCUT2D eigenvalue weighted by Gasteiger charge is 2.20. The Hall–Kier alpha value is -1.29. The van der Waals surface area contributed by atoms with Crippen molar-refractivity contribution in [3.05, 3.63) is 24.5 Å². The fourth-order valence-electron chi connectivity index (χ4n) is 1.69. The van der Waals surface area contributed by atoms with Crippen molar-refractivity contribution in [1.82, 2.24) is 9.99 Å². The molecule has 1 aliphatic heterocycles. The summed E-state index contributed by atoms with van der Waals surface area (Å²) in [6.45, 7) is 0.948. The van der Waals surface area contributed by atoms with Crippen LogP contribution in [-0.2, 0) is 4.79 Å². The third-order valence-electron chi connectivity index (χ3n) is 2.47. The van der Waals surface area contributed by atoms with Gasteiger partial charge in [-0.3, -0.25) is 14.9 Å². The van der Waals surface area contributed by atoms with Gasteiger partial charge in [-0.25, -0.2) is 0 Å². The van der Waals surface area contributed by atoms with E-state index in [1.165, 1.54) is 6.42 Å². The van der Waals surface area contributed by atoms with E-state index in [0.29, 0.717) is 0 Å². The third kappa shape index (κ3) is 2.14. The Labute approximate surface area is 83.3 Å². The van der Waals surface area contributed by atoms with Crippen LogP contribution in [0.15, 0.2) is 24.5 Å². The van der Waals surface area contributed by atoms with Gasteiger partial charge in [-0.1, -0.05) is 6.42 Å². The van der Waals surface area contributed by atoms with Crippen molar-refractivity contribution in [2.24, 2.45) is 0 Å². The topological polar surface area (TPSA) is 46.1 Å². The minimum absolute atomic E-state index is 0.0221. The van der Waals surface area contributed by atoms with Crippen LogP contribution in [0.4, 0.5) is 0 Å². The van der Waals surface area contributed by atoms with E-state index in [2.05, 4.69) is 10.7 Å². The van der Waals surface area contributed by atoms with Gasteiger partial charge >= 0.3 is 0 Å². The van der Waals surface area contributed by atoms with Gasteiger partial charge in [-0.05, 0) is 31.5 Å². The molecule has 2 rings (SSSR count). The van der Waals surface area contributed by atoms with Gasteiger partial charge in [-0.2, -0.15) is 0 Å². The predicted octanol–water partition coefficient (Wildman–Crippen LogP) is 0.700. The standard InChI is InChI=1S/C10H15N3O/c14-10(9-5-1-2-6-11-9)12-13-7-3-4-8-13/h3-4,7-9,11H,1-2,5-6H2,(H,12,14)/t9-/m0/s1. The molecule has 2 N–H and O–H groups in total. The van der Waals surface area contributed by atoms with Crippen molar-refractivity contribution in [3.63, 3.8) is 0 Å². The molecule has 0 bridgehead atoms.